The number of hydrogen-bond acceptors (Lipinski definition) is 3. The molecule has 0 aliphatic carbocycles. The number of halogens is 7. The molecule has 0 radical (unpaired) electrons. The van der Waals surface area contributed by atoms with Gasteiger partial charge in [-0.3, -0.25) is 14.3 Å². The van der Waals surface area contributed by atoms with Crippen LogP contribution in [0.1, 0.15) is 11.3 Å². The Labute approximate surface area is 143 Å². The van der Waals surface area contributed by atoms with E-state index < -0.39 is 57.3 Å². The number of nitrogens with one attached hydrogen (secondary N) is 1. The molecule has 3 aromatic rings. The Morgan fingerprint density at radius 1 is 1.00 bits per heavy atom. The highest BCUT2D eigenvalue weighted by Gasteiger charge is 2.37. The number of H-pyrrole nitrogens is 1. The number of benzene rings is 1. The topological polar surface area (TPSA) is 67.8 Å². The molecule has 142 valence electrons. The minimum absolute atomic E-state index is 0.0142. The monoisotopic (exact) mass is 393 g/mol. The third-order valence-corrected chi connectivity index (χ3v) is 3.58. The summed E-state index contributed by atoms with van der Waals surface area (Å²) < 4.78 is 92.7. The lowest BCUT2D eigenvalue weighted by Crippen LogP contribution is -2.31. The minimum atomic E-state index is -5.07. The van der Waals surface area contributed by atoms with E-state index in [1.54, 1.807) is 4.98 Å². The highest BCUT2D eigenvalue weighted by Crippen LogP contribution is 2.34. The van der Waals surface area contributed by atoms with Crippen LogP contribution in [0.25, 0.3) is 16.6 Å². The van der Waals surface area contributed by atoms with Gasteiger partial charge in [-0.1, -0.05) is 0 Å². The Kier molecular flexibility index (Phi) is 4.08. The largest absolute Gasteiger partial charge is 0.435 e. The molecule has 27 heavy (non-hydrogen) atoms. The first-order valence-electron chi connectivity index (χ1n) is 6.99. The van der Waals surface area contributed by atoms with Crippen molar-refractivity contribution < 1.29 is 30.7 Å². The average molecular weight is 393 g/mol. The molecule has 1 N–H and O–H groups in total. The van der Waals surface area contributed by atoms with Gasteiger partial charge in [0.25, 0.3) is 5.56 Å². The van der Waals surface area contributed by atoms with E-state index in [4.69, 9.17) is 0 Å². The molecule has 3 rings (SSSR count). The molecule has 0 fully saturated rings. The zero-order valence-electron chi connectivity index (χ0n) is 12.7. The van der Waals surface area contributed by atoms with Gasteiger partial charge in [-0.05, 0) is 24.3 Å². The van der Waals surface area contributed by atoms with Crippen LogP contribution in [-0.4, -0.2) is 14.5 Å². The van der Waals surface area contributed by atoms with Gasteiger partial charge >= 0.3 is 18.0 Å². The standard InChI is InChI=1S/C15H6F7N3O2/c16-7-4-6(14(17,18)19)5-9-10(7)12(26)24-13(27)25(9)8-2-1-3-23-11(8)15(20,21)22/h1-5H,(H,24,26,27). The normalized spacial score (nSPS) is 12.6. The van der Waals surface area contributed by atoms with Crippen LogP contribution in [0.5, 0.6) is 0 Å². The molecule has 0 spiro atoms. The zero-order chi connectivity index (χ0) is 20.1. The molecule has 0 amide bonds. The van der Waals surface area contributed by atoms with E-state index >= 15 is 0 Å². The van der Waals surface area contributed by atoms with E-state index in [1.165, 1.54) is 0 Å². The summed E-state index contributed by atoms with van der Waals surface area (Å²) in [6.45, 7) is 0. The first kappa shape index (κ1) is 18.6. The molecule has 5 nitrogen and oxygen atoms in total. The van der Waals surface area contributed by atoms with E-state index in [0.717, 1.165) is 18.3 Å². The summed E-state index contributed by atoms with van der Waals surface area (Å²) in [7, 11) is 0. The number of hydrogen-bond donors (Lipinski definition) is 1. The van der Waals surface area contributed by atoms with E-state index in [9.17, 15) is 40.3 Å². The summed E-state index contributed by atoms with van der Waals surface area (Å²) in [6.07, 6.45) is -9.38. The molecule has 0 atom stereocenters. The van der Waals surface area contributed by atoms with Crippen molar-refractivity contribution in [3.8, 4) is 5.69 Å². The van der Waals surface area contributed by atoms with E-state index in [1.807, 2.05) is 0 Å². The Morgan fingerprint density at radius 3 is 2.26 bits per heavy atom. The molecular formula is C15H6F7N3O2. The van der Waals surface area contributed by atoms with Crippen LogP contribution in [-0.2, 0) is 12.4 Å². The molecule has 1 aromatic carbocycles. The number of alkyl halides is 6. The number of aromatic amines is 1. The smallest absolute Gasteiger partial charge is 0.273 e. The highest BCUT2D eigenvalue weighted by molar-refractivity contribution is 5.81. The molecule has 12 heteroatoms. The van der Waals surface area contributed by atoms with Crippen molar-refractivity contribution in [3.63, 3.8) is 0 Å². The Balaban J connectivity index is 2.54. The van der Waals surface area contributed by atoms with Gasteiger partial charge in [-0.2, -0.15) is 26.3 Å². The predicted octanol–water partition coefficient (Wildman–Crippen LogP) is 3.25. The lowest BCUT2D eigenvalue weighted by atomic mass is 10.1. The number of fused-ring (bicyclic) bond motifs is 1. The SMILES string of the molecule is O=c1[nH]c(=O)n(-c2cccnc2C(F)(F)F)c2cc(C(F)(F)F)cc(F)c12. The van der Waals surface area contributed by atoms with Gasteiger partial charge in [0.2, 0.25) is 0 Å². The second-order valence-electron chi connectivity index (χ2n) is 5.31. The molecule has 0 saturated carbocycles. The summed E-state index contributed by atoms with van der Waals surface area (Å²) in [6, 6.07) is 1.99. The van der Waals surface area contributed by atoms with Gasteiger partial charge in [0.1, 0.15) is 5.82 Å². The molecule has 0 unspecified atom stereocenters. The van der Waals surface area contributed by atoms with Crippen LogP contribution >= 0.6 is 0 Å². The molecule has 0 aliphatic heterocycles. The van der Waals surface area contributed by atoms with Gasteiger partial charge < -0.3 is 0 Å². The van der Waals surface area contributed by atoms with Gasteiger partial charge in [0.15, 0.2) is 5.69 Å². The maximum atomic E-state index is 14.1. The fourth-order valence-electron chi connectivity index (χ4n) is 2.52. The molecule has 0 saturated heterocycles. The maximum Gasteiger partial charge on any atom is 0.435 e. The van der Waals surface area contributed by atoms with Gasteiger partial charge in [-0.25, -0.2) is 14.2 Å². The van der Waals surface area contributed by atoms with Crippen LogP contribution in [0, 0.1) is 5.82 Å². The number of rotatable bonds is 1. The van der Waals surface area contributed by atoms with Crippen molar-refractivity contribution in [2.45, 2.75) is 12.4 Å². The van der Waals surface area contributed by atoms with Crippen LogP contribution in [0.15, 0.2) is 40.1 Å². The molecule has 0 bridgehead atoms. The van der Waals surface area contributed by atoms with Crippen molar-refractivity contribution in [1.29, 1.82) is 0 Å². The second-order valence-corrected chi connectivity index (χ2v) is 5.31. The van der Waals surface area contributed by atoms with E-state index in [-0.39, 0.29) is 16.7 Å². The van der Waals surface area contributed by atoms with Crippen LogP contribution in [0.4, 0.5) is 30.7 Å². The van der Waals surface area contributed by atoms with Crippen molar-refractivity contribution in [2.75, 3.05) is 0 Å². The van der Waals surface area contributed by atoms with Gasteiger partial charge in [0, 0.05) is 6.20 Å². The summed E-state index contributed by atoms with van der Waals surface area (Å²) >= 11 is 0. The third kappa shape index (κ3) is 3.17. The summed E-state index contributed by atoms with van der Waals surface area (Å²) in [4.78, 5) is 28.6. The minimum Gasteiger partial charge on any atom is -0.273 e. The third-order valence-electron chi connectivity index (χ3n) is 3.58. The lowest BCUT2D eigenvalue weighted by Gasteiger charge is -2.16. The Bertz CT molecular complexity index is 1160. The van der Waals surface area contributed by atoms with Gasteiger partial charge in [0.05, 0.1) is 22.2 Å². The molecule has 0 aliphatic rings. The predicted molar refractivity (Wildman–Crippen MR) is 77.9 cm³/mol. The number of nitrogens with zero attached hydrogens (tertiary/aromatic N) is 2. The van der Waals surface area contributed by atoms with Gasteiger partial charge in [-0.15, -0.1) is 0 Å². The molecular weight excluding hydrogens is 387 g/mol. The molecule has 2 heterocycles. The quantitative estimate of drug-likeness (QED) is 0.646. The fourth-order valence-corrected chi connectivity index (χ4v) is 2.52. The molecule has 2 aromatic heterocycles. The first-order chi connectivity index (χ1) is 12.4. The van der Waals surface area contributed by atoms with Crippen LogP contribution in [0.3, 0.4) is 0 Å². The van der Waals surface area contributed by atoms with E-state index in [2.05, 4.69) is 4.98 Å². The summed E-state index contributed by atoms with van der Waals surface area (Å²) in [5.41, 5.74) is -7.98. The van der Waals surface area contributed by atoms with Crippen LogP contribution in [0.2, 0.25) is 0 Å². The van der Waals surface area contributed by atoms with Crippen molar-refractivity contribution in [1.82, 2.24) is 14.5 Å². The Hall–Kier alpha value is -3.18. The van der Waals surface area contributed by atoms with Crippen molar-refractivity contribution >= 4 is 10.9 Å². The maximum absolute atomic E-state index is 14.1. The highest BCUT2D eigenvalue weighted by atomic mass is 19.4. The summed E-state index contributed by atoms with van der Waals surface area (Å²) in [5, 5.41) is -1.00. The van der Waals surface area contributed by atoms with Crippen LogP contribution < -0.4 is 11.2 Å². The summed E-state index contributed by atoms with van der Waals surface area (Å²) in [5.74, 6) is -1.65. The number of aromatic nitrogens is 3. The number of pyridine rings is 1. The first-order valence-corrected chi connectivity index (χ1v) is 6.99. The second kappa shape index (κ2) is 5.93. The average Bonchev–Trinajstić information content (AvgIpc) is 2.52. The van der Waals surface area contributed by atoms with Crippen molar-refractivity contribution in [2.24, 2.45) is 0 Å². The Morgan fingerprint density at radius 2 is 1.67 bits per heavy atom. The van der Waals surface area contributed by atoms with Crippen molar-refractivity contribution in [3.05, 3.63) is 68.4 Å². The fraction of sp³-hybridized carbons (Fsp3) is 0.133. The lowest BCUT2D eigenvalue weighted by molar-refractivity contribution is -0.141. The van der Waals surface area contributed by atoms with E-state index in [0.29, 0.717) is 0 Å². The zero-order valence-corrected chi connectivity index (χ0v) is 12.7.